The van der Waals surface area contributed by atoms with Crippen LogP contribution in [0.5, 0.6) is 0 Å². The van der Waals surface area contributed by atoms with Crippen LogP contribution >= 0.6 is 0 Å². The Morgan fingerprint density at radius 3 is 2.71 bits per heavy atom. The molecule has 1 unspecified atom stereocenters. The number of rotatable bonds is 6. The van der Waals surface area contributed by atoms with Crippen LogP contribution in [0.2, 0.25) is 0 Å². The maximum Gasteiger partial charge on any atom is 0.167 e. The first-order valence-corrected chi connectivity index (χ1v) is 11.0. The molecule has 1 aliphatic heterocycles. The van der Waals surface area contributed by atoms with Gasteiger partial charge in [-0.1, -0.05) is 47.7 Å². The van der Waals surface area contributed by atoms with Gasteiger partial charge in [0.2, 0.25) is 0 Å². The van der Waals surface area contributed by atoms with Gasteiger partial charge >= 0.3 is 0 Å². The molecule has 172 valence electrons. The quantitative estimate of drug-likeness (QED) is 0.348. The van der Waals surface area contributed by atoms with E-state index in [-0.39, 0.29) is 6.61 Å². The summed E-state index contributed by atoms with van der Waals surface area (Å²) in [5.41, 5.74) is 3.75. The SMILES string of the molecule is OC[C@H]1O[C@@H](n2cnc3c(NC(c4ccccc4)n4nnc5ccccc54)ncnc32)C[C@@H]1O. The second-order valence-electron chi connectivity index (χ2n) is 8.14. The van der Waals surface area contributed by atoms with Gasteiger partial charge in [0.1, 0.15) is 30.3 Å². The largest absolute Gasteiger partial charge is 0.394 e. The summed E-state index contributed by atoms with van der Waals surface area (Å²) in [5, 5.41) is 31.7. The Morgan fingerprint density at radius 1 is 1.06 bits per heavy atom. The van der Waals surface area contributed by atoms with Crippen LogP contribution in [-0.2, 0) is 4.74 Å². The number of nitrogens with zero attached hydrogens (tertiary/aromatic N) is 7. The minimum atomic E-state index is -0.755. The van der Waals surface area contributed by atoms with E-state index >= 15 is 0 Å². The molecule has 0 saturated carbocycles. The minimum Gasteiger partial charge on any atom is -0.394 e. The van der Waals surface area contributed by atoms with Gasteiger partial charge in [-0.3, -0.25) is 4.57 Å². The molecule has 1 aliphatic rings. The number of aliphatic hydroxyl groups is 2. The molecule has 1 saturated heterocycles. The average molecular weight is 458 g/mol. The van der Waals surface area contributed by atoms with E-state index in [9.17, 15) is 10.2 Å². The Balaban J connectivity index is 1.41. The van der Waals surface area contributed by atoms with Crippen molar-refractivity contribution in [2.45, 2.75) is 31.0 Å². The Kier molecular flexibility index (Phi) is 5.13. The average Bonchev–Trinajstić information content (AvgIpc) is 3.59. The number of aromatic nitrogens is 7. The molecule has 4 atom stereocenters. The first kappa shape index (κ1) is 20.7. The van der Waals surface area contributed by atoms with Crippen molar-refractivity contribution in [1.29, 1.82) is 0 Å². The molecular weight excluding hydrogens is 436 g/mol. The number of anilines is 1. The number of hydrogen-bond donors (Lipinski definition) is 3. The zero-order valence-electron chi connectivity index (χ0n) is 18.0. The van der Waals surface area contributed by atoms with E-state index in [1.807, 2.05) is 59.3 Å². The van der Waals surface area contributed by atoms with E-state index in [1.165, 1.54) is 6.33 Å². The van der Waals surface area contributed by atoms with Gasteiger partial charge in [-0.2, -0.15) is 0 Å². The molecule has 3 N–H and O–H groups in total. The van der Waals surface area contributed by atoms with Gasteiger partial charge < -0.3 is 20.3 Å². The molecule has 3 aromatic heterocycles. The minimum absolute atomic E-state index is 0.253. The van der Waals surface area contributed by atoms with Crippen LogP contribution in [-0.4, -0.2) is 63.5 Å². The molecule has 34 heavy (non-hydrogen) atoms. The summed E-state index contributed by atoms with van der Waals surface area (Å²) < 4.78 is 9.36. The van der Waals surface area contributed by atoms with Crippen LogP contribution in [0, 0.1) is 0 Å². The van der Waals surface area contributed by atoms with E-state index in [1.54, 1.807) is 10.9 Å². The Hall–Kier alpha value is -3.93. The van der Waals surface area contributed by atoms with Crippen LogP contribution in [0.3, 0.4) is 0 Å². The normalized spacial score (nSPS) is 21.3. The maximum atomic E-state index is 10.1. The van der Waals surface area contributed by atoms with E-state index < -0.39 is 24.6 Å². The van der Waals surface area contributed by atoms with Gasteiger partial charge in [0.15, 0.2) is 17.0 Å². The van der Waals surface area contributed by atoms with E-state index in [0.717, 1.165) is 16.6 Å². The Bertz CT molecular complexity index is 1440. The monoisotopic (exact) mass is 458 g/mol. The second-order valence-corrected chi connectivity index (χ2v) is 8.14. The molecule has 11 heteroatoms. The zero-order chi connectivity index (χ0) is 23.1. The lowest BCUT2D eigenvalue weighted by Crippen LogP contribution is -2.24. The molecule has 0 bridgehead atoms. The van der Waals surface area contributed by atoms with Gasteiger partial charge in [0, 0.05) is 6.42 Å². The third kappa shape index (κ3) is 3.46. The lowest BCUT2D eigenvalue weighted by Gasteiger charge is -2.20. The van der Waals surface area contributed by atoms with Crippen LogP contribution < -0.4 is 5.32 Å². The van der Waals surface area contributed by atoms with Crippen molar-refractivity contribution in [1.82, 2.24) is 34.5 Å². The fraction of sp³-hybridized carbons (Fsp3) is 0.261. The van der Waals surface area contributed by atoms with Crippen molar-refractivity contribution >= 4 is 28.0 Å². The van der Waals surface area contributed by atoms with E-state index in [4.69, 9.17) is 4.74 Å². The molecule has 0 spiro atoms. The molecule has 4 heterocycles. The first-order valence-electron chi connectivity index (χ1n) is 11.0. The van der Waals surface area contributed by atoms with Crippen molar-refractivity contribution in [2.75, 3.05) is 11.9 Å². The Labute approximate surface area is 193 Å². The standard InChI is InChI=1S/C23H22N8O3/c32-11-18-17(33)10-19(34-18)30-13-26-20-21(24-12-25-23(20)30)27-22(14-6-2-1-3-7-14)31-16-9-5-4-8-15(16)28-29-31/h1-9,12-13,17-19,22,32-33H,10-11H2,(H,24,25,27)/t17-,18+,19+,22?/m0/s1. The van der Waals surface area contributed by atoms with Gasteiger partial charge in [-0.15, -0.1) is 5.10 Å². The molecule has 0 radical (unpaired) electrons. The summed E-state index contributed by atoms with van der Waals surface area (Å²) in [6.07, 6.45) is 1.13. The highest BCUT2D eigenvalue weighted by Crippen LogP contribution is 2.32. The zero-order valence-corrected chi connectivity index (χ0v) is 18.0. The lowest BCUT2D eigenvalue weighted by atomic mass is 10.1. The summed E-state index contributed by atoms with van der Waals surface area (Å²) in [6.45, 7) is -0.253. The van der Waals surface area contributed by atoms with Crippen LogP contribution in [0.25, 0.3) is 22.2 Å². The van der Waals surface area contributed by atoms with Crippen molar-refractivity contribution in [3.8, 4) is 0 Å². The highest BCUT2D eigenvalue weighted by Gasteiger charge is 2.35. The summed E-state index contributed by atoms with van der Waals surface area (Å²) in [7, 11) is 0. The Morgan fingerprint density at radius 2 is 1.88 bits per heavy atom. The summed E-state index contributed by atoms with van der Waals surface area (Å²) >= 11 is 0. The molecule has 2 aromatic carbocycles. The number of nitrogens with one attached hydrogen (secondary N) is 1. The third-order valence-electron chi connectivity index (χ3n) is 6.06. The number of aliphatic hydroxyl groups excluding tert-OH is 2. The molecule has 0 aliphatic carbocycles. The predicted molar refractivity (Wildman–Crippen MR) is 123 cm³/mol. The summed E-state index contributed by atoms with van der Waals surface area (Å²) in [6, 6.07) is 17.7. The summed E-state index contributed by atoms with van der Waals surface area (Å²) in [4.78, 5) is 13.4. The number of imidazole rings is 1. The van der Waals surface area contributed by atoms with Crippen molar-refractivity contribution in [3.05, 3.63) is 72.8 Å². The van der Waals surface area contributed by atoms with Crippen molar-refractivity contribution in [2.24, 2.45) is 0 Å². The lowest BCUT2D eigenvalue weighted by molar-refractivity contribution is -0.0432. The van der Waals surface area contributed by atoms with E-state index in [2.05, 4.69) is 30.6 Å². The smallest absolute Gasteiger partial charge is 0.167 e. The maximum absolute atomic E-state index is 10.1. The molecular formula is C23H22N8O3. The van der Waals surface area contributed by atoms with Gasteiger partial charge in [0.05, 0.1) is 24.6 Å². The third-order valence-corrected chi connectivity index (χ3v) is 6.06. The fourth-order valence-electron chi connectivity index (χ4n) is 4.35. The number of benzene rings is 2. The number of para-hydroxylation sites is 1. The number of ether oxygens (including phenoxy) is 1. The van der Waals surface area contributed by atoms with Gasteiger partial charge in [-0.25, -0.2) is 19.6 Å². The molecule has 6 rings (SSSR count). The fourth-order valence-corrected chi connectivity index (χ4v) is 4.35. The molecule has 5 aromatic rings. The number of hydrogen-bond acceptors (Lipinski definition) is 9. The van der Waals surface area contributed by atoms with Crippen molar-refractivity contribution in [3.63, 3.8) is 0 Å². The van der Waals surface area contributed by atoms with Gasteiger partial charge in [-0.05, 0) is 17.7 Å². The number of fused-ring (bicyclic) bond motifs is 2. The summed E-state index contributed by atoms with van der Waals surface area (Å²) in [5.74, 6) is 0.523. The van der Waals surface area contributed by atoms with Gasteiger partial charge in [0.25, 0.3) is 0 Å². The van der Waals surface area contributed by atoms with Crippen LogP contribution in [0.1, 0.15) is 24.4 Å². The highest BCUT2D eigenvalue weighted by atomic mass is 16.5. The topological polar surface area (TPSA) is 136 Å². The van der Waals surface area contributed by atoms with E-state index in [0.29, 0.717) is 23.4 Å². The van der Waals surface area contributed by atoms with Crippen LogP contribution in [0.4, 0.5) is 5.82 Å². The molecule has 1 fully saturated rings. The highest BCUT2D eigenvalue weighted by molar-refractivity contribution is 5.83. The predicted octanol–water partition coefficient (Wildman–Crippen LogP) is 1.87. The second kappa shape index (κ2) is 8.45. The first-order chi connectivity index (χ1) is 16.7. The molecule has 11 nitrogen and oxygen atoms in total. The van der Waals surface area contributed by atoms with Crippen molar-refractivity contribution < 1.29 is 14.9 Å². The molecule has 0 amide bonds. The van der Waals surface area contributed by atoms with Crippen LogP contribution in [0.15, 0.2) is 67.3 Å².